The van der Waals surface area contributed by atoms with Gasteiger partial charge >= 0.3 is 5.97 Å². The number of amides is 1. The van der Waals surface area contributed by atoms with Crippen LogP contribution in [0.1, 0.15) is 32.9 Å². The van der Waals surface area contributed by atoms with Crippen LogP contribution in [0.15, 0.2) is 11.4 Å². The first-order chi connectivity index (χ1) is 7.02. The summed E-state index contributed by atoms with van der Waals surface area (Å²) in [4.78, 5) is 32.8. The normalized spacial score (nSPS) is 9.87. The molecule has 1 aromatic heterocycles. The summed E-state index contributed by atoms with van der Waals surface area (Å²) in [6.45, 7) is 0. The first-order valence-corrected chi connectivity index (χ1v) is 5.02. The van der Waals surface area contributed by atoms with Gasteiger partial charge in [-0.1, -0.05) is 0 Å². The number of carboxylic acid groups (broad SMARTS) is 1. The molecule has 1 aromatic rings. The van der Waals surface area contributed by atoms with Crippen molar-refractivity contribution in [1.29, 1.82) is 0 Å². The molecule has 0 aromatic carbocycles. The number of aliphatic carboxylic acids is 1. The molecular weight excluding hydrogens is 218 g/mol. The van der Waals surface area contributed by atoms with Crippen LogP contribution in [0, 0.1) is 0 Å². The molecule has 0 bridgehead atoms. The quantitative estimate of drug-likeness (QED) is 0.730. The Kier molecular flexibility index (Phi) is 3.56. The number of ketones is 1. The van der Waals surface area contributed by atoms with Crippen LogP contribution in [0.25, 0.3) is 0 Å². The second kappa shape index (κ2) is 4.70. The fraction of sp³-hybridized carbons (Fsp3) is 0.222. The molecule has 15 heavy (non-hydrogen) atoms. The Morgan fingerprint density at radius 1 is 1.33 bits per heavy atom. The maximum Gasteiger partial charge on any atom is 0.303 e. The molecule has 0 aliphatic rings. The number of hydrogen-bond acceptors (Lipinski definition) is 4. The van der Waals surface area contributed by atoms with Crippen LogP contribution in [0.5, 0.6) is 0 Å². The van der Waals surface area contributed by atoms with Gasteiger partial charge in [-0.05, 0) is 11.4 Å². The lowest BCUT2D eigenvalue weighted by Crippen LogP contribution is -2.14. The van der Waals surface area contributed by atoms with Crippen LogP contribution in [0.4, 0.5) is 0 Å². The highest BCUT2D eigenvalue weighted by atomic mass is 32.1. The van der Waals surface area contributed by atoms with Gasteiger partial charge in [0.05, 0.1) is 6.42 Å². The summed E-state index contributed by atoms with van der Waals surface area (Å²) in [7, 11) is 0. The van der Waals surface area contributed by atoms with E-state index in [-0.39, 0.29) is 29.1 Å². The van der Waals surface area contributed by atoms with Crippen molar-refractivity contribution >= 4 is 29.0 Å². The average molecular weight is 227 g/mol. The molecule has 6 heteroatoms. The number of hydrogen-bond donors (Lipinski definition) is 2. The van der Waals surface area contributed by atoms with Crippen LogP contribution in [0.3, 0.4) is 0 Å². The summed E-state index contributed by atoms with van der Waals surface area (Å²) < 4.78 is 0. The maximum absolute atomic E-state index is 11.5. The van der Waals surface area contributed by atoms with Gasteiger partial charge in [0.25, 0.3) is 5.91 Å². The Labute approximate surface area is 89.5 Å². The summed E-state index contributed by atoms with van der Waals surface area (Å²) >= 11 is 1.08. The molecule has 1 rings (SSSR count). The van der Waals surface area contributed by atoms with E-state index in [2.05, 4.69) is 0 Å². The zero-order valence-corrected chi connectivity index (χ0v) is 8.54. The Balaban J connectivity index is 2.78. The first kappa shape index (κ1) is 11.4. The molecule has 0 aliphatic carbocycles. The van der Waals surface area contributed by atoms with E-state index in [1.54, 1.807) is 5.38 Å². The topological polar surface area (TPSA) is 97.5 Å². The summed E-state index contributed by atoms with van der Waals surface area (Å²) in [5.74, 6) is -2.07. The molecule has 0 radical (unpaired) electrons. The molecule has 0 atom stereocenters. The summed E-state index contributed by atoms with van der Waals surface area (Å²) in [5, 5.41) is 9.97. The van der Waals surface area contributed by atoms with Crippen molar-refractivity contribution in [3.8, 4) is 0 Å². The minimum atomic E-state index is -1.04. The molecule has 1 heterocycles. The van der Waals surface area contributed by atoms with Gasteiger partial charge in [0, 0.05) is 12.0 Å². The fourth-order valence-corrected chi connectivity index (χ4v) is 1.84. The van der Waals surface area contributed by atoms with Crippen LogP contribution in [0.2, 0.25) is 0 Å². The third-order valence-corrected chi connectivity index (χ3v) is 2.68. The maximum atomic E-state index is 11.5. The molecule has 0 spiro atoms. The lowest BCUT2D eigenvalue weighted by atomic mass is 10.1. The van der Waals surface area contributed by atoms with Gasteiger partial charge in [0.15, 0.2) is 5.78 Å². The second-order valence-electron chi connectivity index (χ2n) is 2.84. The number of Topliss-reactive ketones (excluding diaryl/α,β-unsaturated/α-hetero) is 1. The standard InChI is InChI=1S/C9H9NO4S/c10-9(14)8-5(3-4-15-8)6(11)1-2-7(12)13/h3-4H,1-2H2,(H2,10,14)(H,12,13). The number of rotatable bonds is 5. The van der Waals surface area contributed by atoms with Gasteiger partial charge in [0.2, 0.25) is 0 Å². The molecule has 0 saturated heterocycles. The predicted octanol–water partition coefficient (Wildman–Crippen LogP) is 0.895. The Hall–Kier alpha value is -1.69. The molecular formula is C9H9NO4S. The van der Waals surface area contributed by atoms with E-state index in [9.17, 15) is 14.4 Å². The van der Waals surface area contributed by atoms with Crippen LogP contribution in [-0.4, -0.2) is 22.8 Å². The highest BCUT2D eigenvalue weighted by Gasteiger charge is 2.17. The zero-order chi connectivity index (χ0) is 11.4. The van der Waals surface area contributed by atoms with Gasteiger partial charge in [-0.2, -0.15) is 0 Å². The SMILES string of the molecule is NC(=O)c1sccc1C(=O)CCC(=O)O. The van der Waals surface area contributed by atoms with Crippen LogP contribution < -0.4 is 5.73 Å². The number of carbonyl (C=O) groups is 3. The molecule has 0 unspecified atom stereocenters. The van der Waals surface area contributed by atoms with E-state index < -0.39 is 11.9 Å². The first-order valence-electron chi connectivity index (χ1n) is 4.14. The van der Waals surface area contributed by atoms with Gasteiger partial charge in [-0.25, -0.2) is 0 Å². The highest BCUT2D eigenvalue weighted by molar-refractivity contribution is 7.12. The van der Waals surface area contributed by atoms with E-state index >= 15 is 0 Å². The minimum absolute atomic E-state index is 0.119. The number of carbonyl (C=O) groups excluding carboxylic acids is 2. The minimum Gasteiger partial charge on any atom is -0.481 e. The van der Waals surface area contributed by atoms with Crippen molar-refractivity contribution < 1.29 is 19.5 Å². The van der Waals surface area contributed by atoms with E-state index in [1.807, 2.05) is 0 Å². The van der Waals surface area contributed by atoms with Crippen LogP contribution >= 0.6 is 11.3 Å². The summed E-state index contributed by atoms with van der Waals surface area (Å²) in [6.07, 6.45) is -0.362. The van der Waals surface area contributed by atoms with Crippen LogP contribution in [-0.2, 0) is 4.79 Å². The second-order valence-corrected chi connectivity index (χ2v) is 3.76. The highest BCUT2D eigenvalue weighted by Crippen LogP contribution is 2.18. The molecule has 3 N–H and O–H groups in total. The van der Waals surface area contributed by atoms with E-state index in [4.69, 9.17) is 10.8 Å². The molecule has 1 amide bonds. The largest absolute Gasteiger partial charge is 0.481 e. The number of thiophene rings is 1. The van der Waals surface area contributed by atoms with E-state index in [0.29, 0.717) is 0 Å². The van der Waals surface area contributed by atoms with Crippen molar-refractivity contribution in [3.05, 3.63) is 21.9 Å². The smallest absolute Gasteiger partial charge is 0.303 e. The Morgan fingerprint density at radius 3 is 2.53 bits per heavy atom. The third kappa shape index (κ3) is 2.88. The fourth-order valence-electron chi connectivity index (χ4n) is 1.07. The van der Waals surface area contributed by atoms with Gasteiger partial charge < -0.3 is 10.8 Å². The van der Waals surface area contributed by atoms with Crippen molar-refractivity contribution in [2.24, 2.45) is 5.73 Å². The predicted molar refractivity (Wildman–Crippen MR) is 54.0 cm³/mol. The van der Waals surface area contributed by atoms with E-state index in [0.717, 1.165) is 11.3 Å². The monoisotopic (exact) mass is 227 g/mol. The molecule has 5 nitrogen and oxygen atoms in total. The Bertz CT molecular complexity index is 410. The van der Waals surface area contributed by atoms with Gasteiger partial charge in [-0.15, -0.1) is 11.3 Å². The number of nitrogens with two attached hydrogens (primary N) is 1. The van der Waals surface area contributed by atoms with E-state index in [1.165, 1.54) is 6.07 Å². The molecule has 0 saturated carbocycles. The Morgan fingerprint density at radius 2 is 2.00 bits per heavy atom. The molecule has 0 aliphatic heterocycles. The van der Waals surface area contributed by atoms with Crippen molar-refractivity contribution in [1.82, 2.24) is 0 Å². The summed E-state index contributed by atoms with van der Waals surface area (Å²) in [5.41, 5.74) is 5.27. The molecule has 0 fully saturated rings. The summed E-state index contributed by atoms with van der Waals surface area (Å²) in [6, 6.07) is 1.48. The average Bonchev–Trinajstić information content (AvgIpc) is 2.62. The number of carboxylic acids is 1. The van der Waals surface area contributed by atoms with Gasteiger partial charge in [-0.3, -0.25) is 14.4 Å². The number of primary amides is 1. The third-order valence-electron chi connectivity index (χ3n) is 1.76. The lowest BCUT2D eigenvalue weighted by molar-refractivity contribution is -0.136. The van der Waals surface area contributed by atoms with Crippen molar-refractivity contribution in [3.63, 3.8) is 0 Å². The van der Waals surface area contributed by atoms with Crippen molar-refractivity contribution in [2.75, 3.05) is 0 Å². The lowest BCUT2D eigenvalue weighted by Gasteiger charge is -1.98. The molecule has 80 valence electrons. The van der Waals surface area contributed by atoms with Crippen molar-refractivity contribution in [2.45, 2.75) is 12.8 Å². The van der Waals surface area contributed by atoms with Gasteiger partial charge in [0.1, 0.15) is 4.88 Å². The zero-order valence-electron chi connectivity index (χ0n) is 7.73.